The molecule has 0 saturated carbocycles. The molecule has 22 heavy (non-hydrogen) atoms. The molecule has 5 heteroatoms. The molecule has 5 nitrogen and oxygen atoms in total. The number of benzene rings is 2. The van der Waals surface area contributed by atoms with Gasteiger partial charge >= 0.3 is 5.97 Å². The van der Waals surface area contributed by atoms with Gasteiger partial charge in [-0.1, -0.05) is 12.1 Å². The van der Waals surface area contributed by atoms with Crippen molar-refractivity contribution in [1.29, 1.82) is 0 Å². The van der Waals surface area contributed by atoms with Crippen LogP contribution in [0, 0.1) is 6.92 Å². The molecule has 0 spiro atoms. The summed E-state index contributed by atoms with van der Waals surface area (Å²) in [6, 6.07) is 12.4. The third kappa shape index (κ3) is 2.41. The van der Waals surface area contributed by atoms with Crippen LogP contribution in [0.15, 0.2) is 42.5 Å². The maximum atomic E-state index is 12.3. The second-order valence-corrected chi connectivity index (χ2v) is 4.96. The third-order valence-electron chi connectivity index (χ3n) is 3.61. The highest BCUT2D eigenvalue weighted by molar-refractivity contribution is 5.95. The number of hydrogen-bond donors (Lipinski definition) is 0. The number of nitrogens with zero attached hydrogens (tertiary/aromatic N) is 2. The van der Waals surface area contributed by atoms with E-state index < -0.39 is 5.97 Å². The topological polar surface area (TPSA) is 53.4 Å². The van der Waals surface area contributed by atoms with E-state index in [1.807, 2.05) is 30.7 Å². The fourth-order valence-corrected chi connectivity index (χ4v) is 2.31. The van der Waals surface area contributed by atoms with Gasteiger partial charge in [0.05, 0.1) is 23.7 Å². The van der Waals surface area contributed by atoms with Crippen LogP contribution in [-0.4, -0.2) is 22.6 Å². The first-order chi connectivity index (χ1) is 10.6. The molecule has 1 aromatic heterocycles. The van der Waals surface area contributed by atoms with Crippen molar-refractivity contribution in [1.82, 2.24) is 9.55 Å². The van der Waals surface area contributed by atoms with Crippen LogP contribution in [0.5, 0.6) is 11.5 Å². The summed E-state index contributed by atoms with van der Waals surface area (Å²) in [5.41, 5.74) is 2.21. The van der Waals surface area contributed by atoms with E-state index in [1.165, 1.54) is 7.11 Å². The van der Waals surface area contributed by atoms with Gasteiger partial charge in [-0.05, 0) is 37.3 Å². The summed E-state index contributed by atoms with van der Waals surface area (Å²) in [5.74, 6) is 1.37. The molecule has 0 amide bonds. The molecule has 0 radical (unpaired) electrons. The lowest BCUT2D eigenvalue weighted by atomic mass is 10.2. The number of carbonyl (C=O) groups is 1. The SMILES string of the molecule is COc1ccccc1OC(=O)c1ccc2c(c1)nc(C)n2C. The van der Waals surface area contributed by atoms with Gasteiger partial charge < -0.3 is 14.0 Å². The Labute approximate surface area is 128 Å². The highest BCUT2D eigenvalue weighted by Crippen LogP contribution is 2.27. The summed E-state index contributed by atoms with van der Waals surface area (Å²) in [6.07, 6.45) is 0. The van der Waals surface area contributed by atoms with Crippen molar-refractivity contribution >= 4 is 17.0 Å². The van der Waals surface area contributed by atoms with Gasteiger partial charge in [0, 0.05) is 7.05 Å². The van der Waals surface area contributed by atoms with Gasteiger partial charge in [-0.15, -0.1) is 0 Å². The Morgan fingerprint density at radius 2 is 1.86 bits per heavy atom. The fourth-order valence-electron chi connectivity index (χ4n) is 2.31. The summed E-state index contributed by atoms with van der Waals surface area (Å²) < 4.78 is 12.6. The van der Waals surface area contributed by atoms with Crippen LogP contribution in [0.25, 0.3) is 11.0 Å². The monoisotopic (exact) mass is 296 g/mol. The highest BCUT2D eigenvalue weighted by Gasteiger charge is 2.14. The zero-order valence-corrected chi connectivity index (χ0v) is 12.7. The van der Waals surface area contributed by atoms with Crippen molar-refractivity contribution in [3.8, 4) is 11.5 Å². The molecule has 3 rings (SSSR count). The summed E-state index contributed by atoms with van der Waals surface area (Å²) in [7, 11) is 3.48. The molecule has 0 aliphatic rings. The number of aromatic nitrogens is 2. The first-order valence-electron chi connectivity index (χ1n) is 6.88. The highest BCUT2D eigenvalue weighted by atomic mass is 16.6. The van der Waals surface area contributed by atoms with Crippen LogP contribution in [-0.2, 0) is 7.05 Å². The molecule has 3 aromatic rings. The van der Waals surface area contributed by atoms with Crippen molar-refractivity contribution in [3.05, 3.63) is 53.9 Å². The number of methoxy groups -OCH3 is 1. The number of hydrogen-bond acceptors (Lipinski definition) is 4. The van der Waals surface area contributed by atoms with Crippen molar-refractivity contribution in [2.75, 3.05) is 7.11 Å². The minimum absolute atomic E-state index is 0.396. The summed E-state index contributed by atoms with van der Waals surface area (Å²) in [5, 5.41) is 0. The van der Waals surface area contributed by atoms with E-state index in [1.54, 1.807) is 30.3 Å². The van der Waals surface area contributed by atoms with Crippen LogP contribution in [0.4, 0.5) is 0 Å². The Bertz CT molecular complexity index is 852. The van der Waals surface area contributed by atoms with Crippen LogP contribution < -0.4 is 9.47 Å². The number of aryl methyl sites for hydroxylation is 2. The smallest absolute Gasteiger partial charge is 0.343 e. The summed E-state index contributed by atoms with van der Waals surface area (Å²) in [6.45, 7) is 1.92. The predicted molar refractivity (Wildman–Crippen MR) is 83.4 cm³/mol. The van der Waals surface area contributed by atoms with E-state index in [2.05, 4.69) is 4.98 Å². The first-order valence-corrected chi connectivity index (χ1v) is 6.88. The van der Waals surface area contributed by atoms with Crippen LogP contribution in [0.2, 0.25) is 0 Å². The molecular formula is C17H16N2O3. The lowest BCUT2D eigenvalue weighted by molar-refractivity contribution is 0.0730. The molecule has 112 valence electrons. The van der Waals surface area contributed by atoms with Gasteiger partial charge in [-0.3, -0.25) is 0 Å². The fraction of sp³-hybridized carbons (Fsp3) is 0.176. The number of ether oxygens (including phenoxy) is 2. The first kappa shape index (κ1) is 14.1. The van der Waals surface area contributed by atoms with Crippen molar-refractivity contribution in [2.24, 2.45) is 7.05 Å². The average Bonchev–Trinajstić information content (AvgIpc) is 2.82. The molecule has 0 bridgehead atoms. The van der Waals surface area contributed by atoms with E-state index in [9.17, 15) is 4.79 Å². The van der Waals surface area contributed by atoms with E-state index in [4.69, 9.17) is 9.47 Å². The third-order valence-corrected chi connectivity index (χ3v) is 3.61. The Morgan fingerprint density at radius 3 is 2.59 bits per heavy atom. The molecular weight excluding hydrogens is 280 g/mol. The summed E-state index contributed by atoms with van der Waals surface area (Å²) in [4.78, 5) is 16.7. The summed E-state index contributed by atoms with van der Waals surface area (Å²) >= 11 is 0. The van der Waals surface area contributed by atoms with Gasteiger partial charge in [0.25, 0.3) is 0 Å². The van der Waals surface area contributed by atoms with Gasteiger partial charge in [0.15, 0.2) is 11.5 Å². The number of rotatable bonds is 3. The lowest BCUT2D eigenvalue weighted by Crippen LogP contribution is -2.09. The second kappa shape index (κ2) is 5.52. The van der Waals surface area contributed by atoms with Crippen molar-refractivity contribution in [3.63, 3.8) is 0 Å². The Kier molecular flexibility index (Phi) is 3.55. The van der Waals surface area contributed by atoms with Gasteiger partial charge in [-0.25, -0.2) is 9.78 Å². The lowest BCUT2D eigenvalue weighted by Gasteiger charge is -2.08. The molecule has 1 heterocycles. The molecule has 0 fully saturated rings. The number of carbonyl (C=O) groups excluding carboxylic acids is 1. The van der Waals surface area contributed by atoms with Crippen LogP contribution >= 0.6 is 0 Å². The van der Waals surface area contributed by atoms with Crippen LogP contribution in [0.1, 0.15) is 16.2 Å². The molecule has 0 aliphatic carbocycles. The number of fused-ring (bicyclic) bond motifs is 1. The van der Waals surface area contributed by atoms with Crippen molar-refractivity contribution < 1.29 is 14.3 Å². The van der Waals surface area contributed by atoms with Gasteiger partial charge in [-0.2, -0.15) is 0 Å². The molecule has 0 saturated heterocycles. The Balaban J connectivity index is 1.92. The quantitative estimate of drug-likeness (QED) is 0.550. The van der Waals surface area contributed by atoms with E-state index in [0.29, 0.717) is 17.1 Å². The molecule has 0 aliphatic heterocycles. The maximum absolute atomic E-state index is 12.3. The molecule has 0 N–H and O–H groups in total. The minimum atomic E-state index is -0.435. The Hall–Kier alpha value is -2.82. The van der Waals surface area contributed by atoms with E-state index >= 15 is 0 Å². The largest absolute Gasteiger partial charge is 0.493 e. The maximum Gasteiger partial charge on any atom is 0.343 e. The Morgan fingerprint density at radius 1 is 1.14 bits per heavy atom. The van der Waals surface area contributed by atoms with E-state index in [-0.39, 0.29) is 0 Å². The van der Waals surface area contributed by atoms with Crippen molar-refractivity contribution in [2.45, 2.75) is 6.92 Å². The zero-order chi connectivity index (χ0) is 15.7. The second-order valence-electron chi connectivity index (χ2n) is 4.96. The van der Waals surface area contributed by atoms with Gasteiger partial charge in [0.2, 0.25) is 0 Å². The number of para-hydroxylation sites is 2. The normalized spacial score (nSPS) is 10.7. The molecule has 2 aromatic carbocycles. The number of esters is 1. The van der Waals surface area contributed by atoms with E-state index in [0.717, 1.165) is 16.9 Å². The van der Waals surface area contributed by atoms with Gasteiger partial charge in [0.1, 0.15) is 5.82 Å². The zero-order valence-electron chi connectivity index (χ0n) is 12.7. The number of imidazole rings is 1. The predicted octanol–water partition coefficient (Wildman–Crippen LogP) is 3.11. The average molecular weight is 296 g/mol. The molecule has 0 atom stereocenters. The molecule has 0 unspecified atom stereocenters. The standard InChI is InChI=1S/C17H16N2O3/c1-11-18-13-10-12(8-9-14(13)19(11)2)17(20)22-16-7-5-4-6-15(16)21-3/h4-10H,1-3H3. The minimum Gasteiger partial charge on any atom is -0.493 e. The van der Waals surface area contributed by atoms with Crippen LogP contribution in [0.3, 0.4) is 0 Å².